The van der Waals surface area contributed by atoms with Gasteiger partial charge >= 0.3 is 5.97 Å². The highest BCUT2D eigenvalue weighted by Gasteiger charge is 2.25. The second-order valence-corrected chi connectivity index (χ2v) is 10.3. The Labute approximate surface area is 172 Å². The Hall–Kier alpha value is -2.00. The van der Waals surface area contributed by atoms with Crippen molar-refractivity contribution >= 4 is 49.1 Å². The van der Waals surface area contributed by atoms with Gasteiger partial charge in [0.25, 0.3) is 0 Å². The standard InChI is InChI=1S/C19H19ClN2O4S2/c1-19(2,3)22-28(24,25)16-10-12(8-9-13(16)20)18(23)26-11-17-21-14-6-4-5-7-15(14)27-17/h4-10,22H,11H2,1-3H3. The molecule has 0 saturated heterocycles. The van der Waals surface area contributed by atoms with E-state index in [1.807, 2.05) is 24.3 Å². The zero-order valence-corrected chi connectivity index (χ0v) is 17.9. The lowest BCUT2D eigenvalue weighted by Crippen LogP contribution is -2.40. The molecule has 0 radical (unpaired) electrons. The molecule has 1 N–H and O–H groups in total. The summed E-state index contributed by atoms with van der Waals surface area (Å²) in [5, 5.41) is 0.685. The molecule has 148 valence electrons. The molecule has 0 aliphatic rings. The number of aromatic nitrogens is 1. The predicted molar refractivity (Wildman–Crippen MR) is 110 cm³/mol. The first-order valence-electron chi connectivity index (χ1n) is 8.40. The van der Waals surface area contributed by atoms with E-state index in [9.17, 15) is 13.2 Å². The van der Waals surface area contributed by atoms with Crippen LogP contribution in [-0.2, 0) is 21.4 Å². The molecule has 2 aromatic carbocycles. The summed E-state index contributed by atoms with van der Waals surface area (Å²) < 4.78 is 34.0. The molecule has 0 aliphatic heterocycles. The van der Waals surface area contributed by atoms with Gasteiger partial charge < -0.3 is 4.74 Å². The lowest BCUT2D eigenvalue weighted by atomic mass is 10.1. The second-order valence-electron chi connectivity index (χ2n) is 7.15. The molecule has 1 heterocycles. The van der Waals surface area contributed by atoms with Crippen molar-refractivity contribution < 1.29 is 17.9 Å². The molecule has 0 spiro atoms. The van der Waals surface area contributed by atoms with E-state index in [4.69, 9.17) is 16.3 Å². The third kappa shape index (κ3) is 4.88. The number of nitrogens with one attached hydrogen (secondary N) is 1. The summed E-state index contributed by atoms with van der Waals surface area (Å²) in [7, 11) is -3.89. The molecule has 1 aromatic heterocycles. The highest BCUT2D eigenvalue weighted by molar-refractivity contribution is 7.89. The molecule has 6 nitrogen and oxygen atoms in total. The summed E-state index contributed by atoms with van der Waals surface area (Å²) in [5.74, 6) is -0.650. The van der Waals surface area contributed by atoms with Crippen LogP contribution in [0.15, 0.2) is 47.4 Å². The molecular formula is C19H19ClN2O4S2. The van der Waals surface area contributed by atoms with Crippen molar-refractivity contribution in [2.24, 2.45) is 0 Å². The minimum absolute atomic E-state index is 0.00311. The van der Waals surface area contributed by atoms with E-state index in [1.54, 1.807) is 20.8 Å². The maximum atomic E-state index is 12.6. The van der Waals surface area contributed by atoms with Crippen LogP contribution in [0.4, 0.5) is 0 Å². The monoisotopic (exact) mass is 438 g/mol. The molecular weight excluding hydrogens is 420 g/mol. The Morgan fingerprint density at radius 3 is 2.61 bits per heavy atom. The third-order valence-corrected chi connectivity index (χ3v) is 6.81. The summed E-state index contributed by atoms with van der Waals surface area (Å²) in [4.78, 5) is 16.6. The molecule has 0 amide bonds. The van der Waals surface area contributed by atoms with E-state index in [0.29, 0.717) is 5.01 Å². The van der Waals surface area contributed by atoms with Gasteiger partial charge in [-0.15, -0.1) is 11.3 Å². The summed E-state index contributed by atoms with van der Waals surface area (Å²) in [6.45, 7) is 5.15. The van der Waals surface area contributed by atoms with Crippen molar-refractivity contribution in [3.63, 3.8) is 0 Å². The molecule has 0 fully saturated rings. The van der Waals surface area contributed by atoms with Crippen LogP contribution in [-0.4, -0.2) is 24.9 Å². The van der Waals surface area contributed by atoms with Crippen molar-refractivity contribution in [1.82, 2.24) is 9.71 Å². The van der Waals surface area contributed by atoms with E-state index >= 15 is 0 Å². The minimum Gasteiger partial charge on any atom is -0.455 e. The fourth-order valence-electron chi connectivity index (χ4n) is 2.49. The van der Waals surface area contributed by atoms with Crippen LogP contribution in [0, 0.1) is 0 Å². The summed E-state index contributed by atoms with van der Waals surface area (Å²) in [6.07, 6.45) is 0. The largest absolute Gasteiger partial charge is 0.455 e. The van der Waals surface area contributed by atoms with Gasteiger partial charge in [-0.1, -0.05) is 23.7 Å². The van der Waals surface area contributed by atoms with Crippen molar-refractivity contribution in [2.45, 2.75) is 37.8 Å². The van der Waals surface area contributed by atoms with Gasteiger partial charge in [0.2, 0.25) is 10.0 Å². The zero-order chi connectivity index (χ0) is 20.5. The highest BCUT2D eigenvalue weighted by atomic mass is 35.5. The number of carbonyl (C=O) groups is 1. The van der Waals surface area contributed by atoms with Gasteiger partial charge in [-0.25, -0.2) is 22.9 Å². The maximum Gasteiger partial charge on any atom is 0.338 e. The molecule has 3 aromatic rings. The van der Waals surface area contributed by atoms with E-state index in [-0.39, 0.29) is 22.1 Å². The first kappa shape index (κ1) is 20.7. The van der Waals surface area contributed by atoms with Crippen LogP contribution in [0.25, 0.3) is 10.2 Å². The summed E-state index contributed by atoms with van der Waals surface area (Å²) in [5.41, 5.74) is 0.248. The average Bonchev–Trinajstić information content (AvgIpc) is 3.00. The van der Waals surface area contributed by atoms with Gasteiger partial charge in [0, 0.05) is 5.54 Å². The Kier molecular flexibility index (Phi) is 5.77. The average molecular weight is 439 g/mol. The normalized spacial score (nSPS) is 12.3. The minimum atomic E-state index is -3.89. The van der Waals surface area contributed by atoms with Crippen LogP contribution in [0.5, 0.6) is 0 Å². The Balaban J connectivity index is 1.78. The molecule has 0 bridgehead atoms. The third-order valence-electron chi connectivity index (χ3n) is 3.56. The molecule has 0 saturated carbocycles. The van der Waals surface area contributed by atoms with Crippen LogP contribution in [0.3, 0.4) is 0 Å². The summed E-state index contributed by atoms with van der Waals surface area (Å²) in [6, 6.07) is 11.6. The first-order valence-corrected chi connectivity index (χ1v) is 11.1. The van der Waals surface area contributed by atoms with Gasteiger partial charge in [-0.05, 0) is 51.1 Å². The van der Waals surface area contributed by atoms with Gasteiger partial charge in [-0.2, -0.15) is 0 Å². The van der Waals surface area contributed by atoms with Crippen LogP contribution < -0.4 is 4.72 Å². The number of sulfonamides is 1. The number of hydrogen-bond donors (Lipinski definition) is 1. The molecule has 9 heteroatoms. The lowest BCUT2D eigenvalue weighted by Gasteiger charge is -2.21. The number of esters is 1. The first-order chi connectivity index (χ1) is 13.0. The highest BCUT2D eigenvalue weighted by Crippen LogP contribution is 2.25. The molecule has 0 unspecified atom stereocenters. The summed E-state index contributed by atoms with van der Waals surface area (Å²) >= 11 is 7.49. The van der Waals surface area contributed by atoms with Crippen LogP contribution in [0.2, 0.25) is 5.02 Å². The Bertz CT molecular complexity index is 1100. The molecule has 3 rings (SSSR count). The number of para-hydroxylation sites is 1. The van der Waals surface area contributed by atoms with Crippen molar-refractivity contribution in [2.75, 3.05) is 0 Å². The fraction of sp³-hybridized carbons (Fsp3) is 0.263. The van der Waals surface area contributed by atoms with Crippen LogP contribution >= 0.6 is 22.9 Å². The number of rotatable bonds is 5. The van der Waals surface area contributed by atoms with Gasteiger partial charge in [0.1, 0.15) is 16.5 Å². The van der Waals surface area contributed by atoms with E-state index in [1.165, 1.54) is 29.5 Å². The molecule has 28 heavy (non-hydrogen) atoms. The quantitative estimate of drug-likeness (QED) is 0.597. The number of fused-ring (bicyclic) bond motifs is 1. The van der Waals surface area contributed by atoms with E-state index in [0.717, 1.165) is 10.2 Å². The number of ether oxygens (including phenoxy) is 1. The zero-order valence-electron chi connectivity index (χ0n) is 15.5. The van der Waals surface area contributed by atoms with Gasteiger partial charge in [0.15, 0.2) is 0 Å². The number of halogens is 1. The SMILES string of the molecule is CC(C)(C)NS(=O)(=O)c1cc(C(=O)OCc2nc3ccccc3s2)ccc1Cl. The van der Waals surface area contributed by atoms with Crippen LogP contribution in [0.1, 0.15) is 36.1 Å². The molecule has 0 aliphatic carbocycles. The predicted octanol–water partition coefficient (Wildman–Crippen LogP) is 4.38. The van der Waals surface area contributed by atoms with E-state index < -0.39 is 21.5 Å². The van der Waals surface area contributed by atoms with Crippen molar-refractivity contribution in [3.05, 3.63) is 58.1 Å². The smallest absolute Gasteiger partial charge is 0.338 e. The Morgan fingerprint density at radius 1 is 1.21 bits per heavy atom. The fourth-order valence-corrected chi connectivity index (χ4v) is 5.31. The number of thiazole rings is 1. The van der Waals surface area contributed by atoms with Crippen molar-refractivity contribution in [3.8, 4) is 0 Å². The number of hydrogen-bond acceptors (Lipinski definition) is 6. The maximum absolute atomic E-state index is 12.6. The van der Waals surface area contributed by atoms with Crippen molar-refractivity contribution in [1.29, 1.82) is 0 Å². The lowest BCUT2D eigenvalue weighted by molar-refractivity contribution is 0.0472. The topological polar surface area (TPSA) is 85.4 Å². The van der Waals surface area contributed by atoms with Gasteiger partial charge in [-0.3, -0.25) is 0 Å². The number of nitrogens with zero attached hydrogens (tertiary/aromatic N) is 1. The van der Waals surface area contributed by atoms with E-state index in [2.05, 4.69) is 9.71 Å². The van der Waals surface area contributed by atoms with Gasteiger partial charge in [0.05, 0.1) is 20.8 Å². The number of benzene rings is 2. The number of carbonyl (C=O) groups excluding carboxylic acids is 1. The Morgan fingerprint density at radius 2 is 1.93 bits per heavy atom. The second kappa shape index (κ2) is 7.79. The molecule has 0 atom stereocenters.